The molecule has 0 spiro atoms. The molecule has 0 fully saturated rings. The van der Waals surface area contributed by atoms with Crippen molar-refractivity contribution >= 4 is 0 Å². The fourth-order valence-corrected chi connectivity index (χ4v) is 0.906. The lowest BCUT2D eigenvalue weighted by atomic mass is 10.3. The minimum Gasteiger partial charge on any atom is -0.426 e. The van der Waals surface area contributed by atoms with Gasteiger partial charge in [-0.25, -0.2) is 0 Å². The second-order valence-corrected chi connectivity index (χ2v) is 3.07. The molecule has 0 aliphatic heterocycles. The highest BCUT2D eigenvalue weighted by Crippen LogP contribution is 1.97. The summed E-state index contributed by atoms with van der Waals surface area (Å²) in [5, 5.41) is 10.9. The lowest BCUT2D eigenvalue weighted by Crippen LogP contribution is -2.25. The summed E-state index contributed by atoms with van der Waals surface area (Å²) in [6, 6.07) is 0.508. The summed E-state index contributed by atoms with van der Waals surface area (Å²) in [7, 11) is 0. The molecule has 0 saturated carbocycles. The topological polar surface area (TPSA) is 51.0 Å². The third kappa shape index (κ3) is 3.00. The summed E-state index contributed by atoms with van der Waals surface area (Å²) in [5.74, 6) is 1.34. The molecule has 1 aromatic rings. The van der Waals surface area contributed by atoms with Crippen LogP contribution in [0.15, 0.2) is 4.42 Å². The van der Waals surface area contributed by atoms with Crippen LogP contribution >= 0.6 is 0 Å². The second-order valence-electron chi connectivity index (χ2n) is 3.07. The van der Waals surface area contributed by atoms with Gasteiger partial charge in [0.1, 0.15) is 0 Å². The lowest BCUT2D eigenvalue weighted by Gasteiger charge is -2.04. The maximum absolute atomic E-state index is 5.20. The Labute approximate surface area is 72.4 Å². The van der Waals surface area contributed by atoms with Crippen LogP contribution in [0.5, 0.6) is 0 Å². The van der Waals surface area contributed by atoms with Crippen LogP contribution in [0.3, 0.4) is 0 Å². The van der Waals surface area contributed by atoms with Crippen LogP contribution in [0.1, 0.15) is 25.6 Å². The van der Waals surface area contributed by atoms with Gasteiger partial charge < -0.3 is 9.73 Å². The monoisotopic (exact) mass is 169 g/mol. The molecule has 0 bridgehead atoms. The van der Waals surface area contributed by atoms with Crippen LogP contribution in [0.2, 0.25) is 0 Å². The minimum absolute atomic E-state index is 0.508. The van der Waals surface area contributed by atoms with Gasteiger partial charge in [-0.05, 0) is 0 Å². The average molecular weight is 169 g/mol. The Balaban J connectivity index is 2.24. The largest absolute Gasteiger partial charge is 0.426 e. The van der Waals surface area contributed by atoms with Crippen molar-refractivity contribution in [1.29, 1.82) is 0 Å². The quantitative estimate of drug-likeness (QED) is 0.728. The van der Waals surface area contributed by atoms with E-state index < -0.39 is 0 Å². The van der Waals surface area contributed by atoms with E-state index in [2.05, 4.69) is 29.4 Å². The third-order valence-corrected chi connectivity index (χ3v) is 1.46. The predicted molar refractivity (Wildman–Crippen MR) is 45.9 cm³/mol. The first-order chi connectivity index (χ1) is 5.68. The standard InChI is InChI=1S/C8H15N3O/c1-6(2)9-5-4-8-11-10-7(3)12-8/h6,9H,4-5H2,1-3H3. The zero-order chi connectivity index (χ0) is 8.97. The van der Waals surface area contributed by atoms with Crippen LogP contribution in [-0.2, 0) is 6.42 Å². The number of nitrogens with one attached hydrogen (secondary N) is 1. The third-order valence-electron chi connectivity index (χ3n) is 1.46. The number of hydrogen-bond acceptors (Lipinski definition) is 4. The van der Waals surface area contributed by atoms with Crippen LogP contribution < -0.4 is 5.32 Å². The molecular weight excluding hydrogens is 154 g/mol. The van der Waals surface area contributed by atoms with Crippen molar-refractivity contribution in [3.8, 4) is 0 Å². The molecule has 0 unspecified atom stereocenters. The van der Waals surface area contributed by atoms with E-state index in [0.717, 1.165) is 13.0 Å². The van der Waals surface area contributed by atoms with Crippen molar-refractivity contribution in [2.75, 3.05) is 6.54 Å². The number of aromatic nitrogens is 2. The van der Waals surface area contributed by atoms with Crippen molar-refractivity contribution in [1.82, 2.24) is 15.5 Å². The van der Waals surface area contributed by atoms with Gasteiger partial charge in [0.2, 0.25) is 11.8 Å². The Morgan fingerprint density at radius 1 is 1.42 bits per heavy atom. The van der Waals surface area contributed by atoms with Crippen LogP contribution in [0.25, 0.3) is 0 Å². The molecule has 0 aliphatic rings. The first-order valence-electron chi connectivity index (χ1n) is 4.21. The molecule has 0 atom stereocenters. The van der Waals surface area contributed by atoms with Crippen molar-refractivity contribution in [3.63, 3.8) is 0 Å². The maximum atomic E-state index is 5.20. The number of rotatable bonds is 4. The van der Waals surface area contributed by atoms with Gasteiger partial charge in [0, 0.05) is 25.9 Å². The maximum Gasteiger partial charge on any atom is 0.217 e. The van der Waals surface area contributed by atoms with Gasteiger partial charge in [0.25, 0.3) is 0 Å². The molecule has 1 N–H and O–H groups in total. The lowest BCUT2D eigenvalue weighted by molar-refractivity contribution is 0.454. The minimum atomic E-state index is 0.508. The summed E-state index contributed by atoms with van der Waals surface area (Å²) >= 11 is 0. The fraction of sp³-hybridized carbons (Fsp3) is 0.750. The summed E-state index contributed by atoms with van der Waals surface area (Å²) in [4.78, 5) is 0. The molecule has 0 radical (unpaired) electrons. The Kier molecular flexibility index (Phi) is 3.22. The second kappa shape index (κ2) is 4.21. The van der Waals surface area contributed by atoms with Crippen molar-refractivity contribution in [3.05, 3.63) is 11.8 Å². The van der Waals surface area contributed by atoms with Crippen LogP contribution in [0.4, 0.5) is 0 Å². The molecule has 0 saturated heterocycles. The molecule has 4 nitrogen and oxygen atoms in total. The van der Waals surface area contributed by atoms with Gasteiger partial charge in [-0.3, -0.25) is 0 Å². The van der Waals surface area contributed by atoms with Gasteiger partial charge in [-0.15, -0.1) is 10.2 Å². The predicted octanol–water partition coefficient (Wildman–Crippen LogP) is 0.919. The van der Waals surface area contributed by atoms with Gasteiger partial charge in [0.15, 0.2) is 0 Å². The van der Waals surface area contributed by atoms with Gasteiger partial charge in [-0.1, -0.05) is 13.8 Å². The van der Waals surface area contributed by atoms with Gasteiger partial charge in [-0.2, -0.15) is 0 Å². The average Bonchev–Trinajstić information content (AvgIpc) is 2.35. The fourth-order valence-electron chi connectivity index (χ4n) is 0.906. The molecule has 1 heterocycles. The van der Waals surface area contributed by atoms with Crippen molar-refractivity contribution in [2.45, 2.75) is 33.2 Å². The molecule has 1 rings (SSSR count). The molecule has 0 amide bonds. The van der Waals surface area contributed by atoms with E-state index in [1.165, 1.54) is 0 Å². The number of hydrogen-bond donors (Lipinski definition) is 1. The normalized spacial score (nSPS) is 11.0. The van der Waals surface area contributed by atoms with Crippen molar-refractivity contribution < 1.29 is 4.42 Å². The first kappa shape index (κ1) is 9.19. The molecular formula is C8H15N3O. The molecule has 1 aromatic heterocycles. The highest BCUT2D eigenvalue weighted by molar-refractivity contribution is 4.79. The van der Waals surface area contributed by atoms with Crippen molar-refractivity contribution in [2.24, 2.45) is 0 Å². The summed E-state index contributed by atoms with van der Waals surface area (Å²) in [6.07, 6.45) is 0.805. The zero-order valence-electron chi connectivity index (χ0n) is 7.79. The summed E-state index contributed by atoms with van der Waals surface area (Å²) in [5.41, 5.74) is 0. The Morgan fingerprint density at radius 2 is 2.17 bits per heavy atom. The highest BCUT2D eigenvalue weighted by Gasteiger charge is 2.01. The van der Waals surface area contributed by atoms with E-state index in [4.69, 9.17) is 4.42 Å². The van der Waals surface area contributed by atoms with Crippen LogP contribution in [-0.4, -0.2) is 22.8 Å². The Hall–Kier alpha value is -0.900. The Morgan fingerprint density at radius 3 is 2.67 bits per heavy atom. The first-order valence-corrected chi connectivity index (χ1v) is 4.21. The number of nitrogens with zero attached hydrogens (tertiary/aromatic N) is 2. The Bertz CT molecular complexity index is 232. The van der Waals surface area contributed by atoms with E-state index in [0.29, 0.717) is 17.8 Å². The van der Waals surface area contributed by atoms with E-state index in [1.54, 1.807) is 6.92 Å². The molecule has 0 aromatic carbocycles. The van der Waals surface area contributed by atoms with E-state index in [9.17, 15) is 0 Å². The smallest absolute Gasteiger partial charge is 0.217 e. The van der Waals surface area contributed by atoms with E-state index in [1.807, 2.05) is 0 Å². The van der Waals surface area contributed by atoms with Crippen LogP contribution in [0, 0.1) is 6.92 Å². The molecule has 68 valence electrons. The van der Waals surface area contributed by atoms with E-state index >= 15 is 0 Å². The molecule has 0 aliphatic carbocycles. The van der Waals surface area contributed by atoms with Gasteiger partial charge in [0.05, 0.1) is 0 Å². The summed E-state index contributed by atoms with van der Waals surface area (Å²) < 4.78 is 5.20. The summed E-state index contributed by atoms with van der Waals surface area (Å²) in [6.45, 7) is 6.91. The van der Waals surface area contributed by atoms with E-state index in [-0.39, 0.29) is 0 Å². The highest BCUT2D eigenvalue weighted by atomic mass is 16.4. The molecule has 4 heteroatoms. The SMILES string of the molecule is Cc1nnc(CCNC(C)C)o1. The van der Waals surface area contributed by atoms with Gasteiger partial charge >= 0.3 is 0 Å². The number of aryl methyl sites for hydroxylation is 1. The molecule has 12 heavy (non-hydrogen) atoms. The zero-order valence-corrected chi connectivity index (χ0v) is 7.79.